The summed E-state index contributed by atoms with van der Waals surface area (Å²) in [5.41, 5.74) is 1.50. The maximum absolute atomic E-state index is 4.91. The summed E-state index contributed by atoms with van der Waals surface area (Å²) >= 11 is 0. The van der Waals surface area contributed by atoms with Crippen molar-refractivity contribution in [2.75, 3.05) is 4.23 Å². The molecule has 0 bridgehead atoms. The highest BCUT2D eigenvalue weighted by Gasteiger charge is 2.47. The molecule has 2 rings (SSSR count). The molecule has 0 radical (unpaired) electrons. The lowest BCUT2D eigenvalue weighted by molar-refractivity contribution is 1.01. The third-order valence-corrected chi connectivity index (χ3v) is 19.4. The number of anilines is 1. The van der Waals surface area contributed by atoms with Gasteiger partial charge in [0.15, 0.2) is 5.65 Å². The molecule has 0 N–H and O–H groups in total. The molecule has 5 nitrogen and oxygen atoms in total. The van der Waals surface area contributed by atoms with Crippen LogP contribution in [0.4, 0.5) is 5.95 Å². The quantitative estimate of drug-likeness (QED) is 0.561. The predicted octanol–water partition coefficient (Wildman–Crippen LogP) is 5.24. The summed E-state index contributed by atoms with van der Waals surface area (Å²) in [6.07, 6.45) is 5.28. The fraction of sp³-hybridized carbons (Fsp3) is 0.667. The van der Waals surface area contributed by atoms with E-state index in [-0.39, 0.29) is 0 Å². The predicted molar refractivity (Wildman–Crippen MR) is 112 cm³/mol. The van der Waals surface area contributed by atoms with Gasteiger partial charge in [-0.15, -0.1) is 0 Å². The van der Waals surface area contributed by atoms with E-state index >= 15 is 0 Å². The van der Waals surface area contributed by atoms with E-state index in [0.717, 1.165) is 17.1 Å². The lowest BCUT2D eigenvalue weighted by Crippen LogP contribution is -2.67. The van der Waals surface area contributed by atoms with E-state index in [1.54, 1.807) is 12.4 Å². The van der Waals surface area contributed by atoms with E-state index in [0.29, 0.717) is 0 Å². The van der Waals surface area contributed by atoms with Crippen LogP contribution in [0.5, 0.6) is 0 Å². The normalized spacial score (nSPS) is 12.6. The minimum Gasteiger partial charge on any atom is -0.393 e. The molecule has 0 saturated heterocycles. The number of hydrogen-bond donors (Lipinski definition) is 0. The minimum absolute atomic E-state index is 0.718. The molecule has 0 aromatic carbocycles. The second kappa shape index (κ2) is 8.36. The van der Waals surface area contributed by atoms with E-state index in [1.165, 1.54) is 36.3 Å². The van der Waals surface area contributed by atoms with Crippen LogP contribution in [0, 0.1) is 0 Å². The van der Waals surface area contributed by atoms with Crippen LogP contribution in [0.15, 0.2) is 18.6 Å². The first-order valence-electron chi connectivity index (χ1n) is 9.80. The summed E-state index contributed by atoms with van der Waals surface area (Å²) in [5, 5.41) is 0. The number of hydrogen-bond acceptors (Lipinski definition) is 5. The van der Waals surface area contributed by atoms with E-state index in [9.17, 15) is 0 Å². The zero-order valence-electron chi connectivity index (χ0n) is 16.7. The molecule has 0 atom stereocenters. The highest BCUT2D eigenvalue weighted by atomic mass is 28.4. The SMILES string of the molecule is CC[Si](CC)(CC)N(c1ncc2nccnc2n1)[Si](CC)(CC)CC. The molecule has 0 amide bonds. The second-order valence-corrected chi connectivity index (χ2v) is 17.3. The summed E-state index contributed by atoms with van der Waals surface area (Å²) in [6.45, 7) is 14.2. The summed E-state index contributed by atoms with van der Waals surface area (Å²) in [7, 11) is -3.30. The molecule has 25 heavy (non-hydrogen) atoms. The van der Waals surface area contributed by atoms with Crippen molar-refractivity contribution in [1.82, 2.24) is 19.9 Å². The number of nitrogens with zero attached hydrogens (tertiary/aromatic N) is 5. The largest absolute Gasteiger partial charge is 0.393 e. The van der Waals surface area contributed by atoms with Gasteiger partial charge in [0, 0.05) is 12.4 Å². The molecule has 7 heteroatoms. The van der Waals surface area contributed by atoms with E-state index in [1.807, 2.05) is 6.20 Å². The molecule has 0 saturated carbocycles. The Balaban J connectivity index is 2.71. The van der Waals surface area contributed by atoms with Gasteiger partial charge in [0.2, 0.25) is 5.95 Å². The van der Waals surface area contributed by atoms with Crippen molar-refractivity contribution in [2.24, 2.45) is 0 Å². The van der Waals surface area contributed by atoms with E-state index < -0.39 is 16.5 Å². The van der Waals surface area contributed by atoms with Gasteiger partial charge in [0.1, 0.15) is 22.0 Å². The molecule has 2 heterocycles. The van der Waals surface area contributed by atoms with Crippen LogP contribution in [0.3, 0.4) is 0 Å². The van der Waals surface area contributed by atoms with Gasteiger partial charge in [-0.3, -0.25) is 0 Å². The summed E-state index contributed by atoms with van der Waals surface area (Å²) in [4.78, 5) is 18.5. The van der Waals surface area contributed by atoms with Gasteiger partial charge in [-0.1, -0.05) is 41.5 Å². The molecule has 0 aliphatic rings. The van der Waals surface area contributed by atoms with Crippen LogP contribution in [-0.4, -0.2) is 36.4 Å². The van der Waals surface area contributed by atoms with Crippen LogP contribution in [0.25, 0.3) is 11.2 Å². The highest BCUT2D eigenvalue weighted by Crippen LogP contribution is 2.38. The second-order valence-electron chi connectivity index (χ2n) is 6.84. The Morgan fingerprint density at radius 3 is 1.68 bits per heavy atom. The molecule has 0 spiro atoms. The number of aromatic nitrogens is 4. The van der Waals surface area contributed by atoms with Gasteiger partial charge < -0.3 is 4.23 Å². The third-order valence-electron chi connectivity index (χ3n) is 6.31. The first-order chi connectivity index (χ1) is 12.1. The Morgan fingerprint density at radius 2 is 1.20 bits per heavy atom. The van der Waals surface area contributed by atoms with Crippen molar-refractivity contribution in [2.45, 2.75) is 77.8 Å². The Bertz CT molecular complexity index is 649. The van der Waals surface area contributed by atoms with Gasteiger partial charge in [0.25, 0.3) is 0 Å². The van der Waals surface area contributed by atoms with Crippen LogP contribution >= 0.6 is 0 Å². The molecule has 0 fully saturated rings. The van der Waals surface area contributed by atoms with Crippen molar-refractivity contribution in [3.8, 4) is 0 Å². The zero-order chi connectivity index (χ0) is 18.5. The summed E-state index contributed by atoms with van der Waals surface area (Å²) in [5.74, 6) is 0.919. The fourth-order valence-electron chi connectivity index (χ4n) is 4.24. The highest BCUT2D eigenvalue weighted by molar-refractivity contribution is 7.02. The first-order valence-corrected chi connectivity index (χ1v) is 14.9. The third kappa shape index (κ3) is 3.49. The monoisotopic (exact) mass is 375 g/mol. The smallest absolute Gasteiger partial charge is 0.211 e. The number of rotatable bonds is 9. The van der Waals surface area contributed by atoms with Crippen LogP contribution in [0.1, 0.15) is 41.5 Å². The number of fused-ring (bicyclic) bond motifs is 1. The maximum Gasteiger partial charge on any atom is 0.211 e. The van der Waals surface area contributed by atoms with Crippen LogP contribution in [-0.2, 0) is 0 Å². The molecule has 2 aromatic heterocycles. The average molecular weight is 376 g/mol. The Labute approximate surface area is 154 Å². The molecular weight excluding hydrogens is 342 g/mol. The van der Waals surface area contributed by atoms with Crippen molar-refractivity contribution >= 4 is 33.6 Å². The Morgan fingerprint density at radius 1 is 0.720 bits per heavy atom. The van der Waals surface area contributed by atoms with Crippen LogP contribution < -0.4 is 4.23 Å². The van der Waals surface area contributed by atoms with Gasteiger partial charge in [-0.05, 0) is 36.3 Å². The zero-order valence-corrected chi connectivity index (χ0v) is 18.7. The average Bonchev–Trinajstić information content (AvgIpc) is 2.69. The van der Waals surface area contributed by atoms with Gasteiger partial charge in [0.05, 0.1) is 6.20 Å². The molecule has 138 valence electrons. The summed E-state index contributed by atoms with van der Waals surface area (Å²) < 4.78 is 2.81. The Kier molecular flexibility index (Phi) is 6.68. The fourth-order valence-corrected chi connectivity index (χ4v) is 17.1. The van der Waals surface area contributed by atoms with Gasteiger partial charge >= 0.3 is 0 Å². The molecule has 0 aliphatic carbocycles. The maximum atomic E-state index is 4.91. The van der Waals surface area contributed by atoms with E-state index in [2.05, 4.69) is 55.7 Å². The van der Waals surface area contributed by atoms with Crippen molar-refractivity contribution in [3.05, 3.63) is 18.6 Å². The minimum atomic E-state index is -1.65. The molecule has 0 unspecified atom stereocenters. The van der Waals surface area contributed by atoms with Gasteiger partial charge in [-0.2, -0.15) is 4.98 Å². The topological polar surface area (TPSA) is 54.8 Å². The van der Waals surface area contributed by atoms with Gasteiger partial charge in [-0.25, -0.2) is 15.0 Å². The Hall–Kier alpha value is -1.35. The lowest BCUT2D eigenvalue weighted by Gasteiger charge is -2.52. The molecular formula is C18H33N5Si2. The lowest BCUT2D eigenvalue weighted by atomic mass is 10.5. The van der Waals surface area contributed by atoms with Crippen molar-refractivity contribution in [3.63, 3.8) is 0 Å². The van der Waals surface area contributed by atoms with Crippen LogP contribution in [0.2, 0.25) is 36.3 Å². The summed E-state index contributed by atoms with van der Waals surface area (Å²) in [6, 6.07) is 7.48. The molecule has 0 aliphatic heterocycles. The standard InChI is InChI=1S/C18H33N5Si2/c1-7-24(8-2,9-3)23(25(10-4,11-5)12-6)18-21-15-16-17(22-18)20-14-13-19-16/h13-15H,7-12H2,1-6H3. The molecule has 2 aromatic rings. The first kappa shape index (κ1) is 20.0. The van der Waals surface area contributed by atoms with E-state index in [4.69, 9.17) is 9.97 Å². The van der Waals surface area contributed by atoms with Crippen molar-refractivity contribution in [1.29, 1.82) is 0 Å². The van der Waals surface area contributed by atoms with Crippen molar-refractivity contribution < 1.29 is 0 Å².